The maximum Gasteiger partial charge on any atom is 0.260 e. The van der Waals surface area contributed by atoms with E-state index in [-0.39, 0.29) is 41.8 Å². The maximum absolute atomic E-state index is 14.9. The normalized spacial score (nSPS) is 17.5. The van der Waals surface area contributed by atoms with Gasteiger partial charge in [0, 0.05) is 69.9 Å². The first-order chi connectivity index (χ1) is 21.6. The highest BCUT2D eigenvalue weighted by Gasteiger charge is 2.28. The van der Waals surface area contributed by atoms with Crippen LogP contribution in [0, 0.1) is 20.6 Å². The third-order valence-corrected chi connectivity index (χ3v) is 8.50. The third-order valence-electron chi connectivity index (χ3n) is 7.83. The van der Waals surface area contributed by atoms with Crippen LogP contribution in [-0.4, -0.2) is 69.6 Å². The number of aromatic nitrogens is 2. The smallest absolute Gasteiger partial charge is 0.260 e. The zero-order valence-corrected chi connectivity index (χ0v) is 27.1. The van der Waals surface area contributed by atoms with E-state index < -0.39 is 11.6 Å². The van der Waals surface area contributed by atoms with E-state index in [1.807, 2.05) is 23.1 Å². The first kappa shape index (κ1) is 30.7. The van der Waals surface area contributed by atoms with Crippen molar-refractivity contribution in [1.82, 2.24) is 25.1 Å². The molecule has 0 spiro atoms. The van der Waals surface area contributed by atoms with Gasteiger partial charge in [-0.05, 0) is 85.0 Å². The molecule has 0 aliphatic carbocycles. The van der Waals surface area contributed by atoms with Gasteiger partial charge in [-0.2, -0.15) is 0 Å². The molecule has 0 bridgehead atoms. The number of rotatable bonds is 4. The first-order valence-electron chi connectivity index (χ1n) is 14.5. The highest BCUT2D eigenvalue weighted by molar-refractivity contribution is 14.1. The second kappa shape index (κ2) is 12.6. The highest BCUT2D eigenvalue weighted by Crippen LogP contribution is 2.34. The van der Waals surface area contributed by atoms with Crippen LogP contribution in [0.15, 0.2) is 71.9 Å². The Labute approximate surface area is 273 Å². The zero-order valence-electron chi connectivity index (χ0n) is 24.9. The Morgan fingerprint density at radius 3 is 2.42 bits per heavy atom. The first-order valence-corrected chi connectivity index (χ1v) is 15.6. The lowest BCUT2D eigenvalue weighted by atomic mass is 9.95. The monoisotopic (exact) mass is 720 g/mol. The van der Waals surface area contributed by atoms with Crippen molar-refractivity contribution >= 4 is 51.8 Å². The van der Waals surface area contributed by atoms with Crippen LogP contribution in [0.5, 0.6) is 0 Å². The molecule has 2 unspecified atom stereocenters. The zero-order chi connectivity index (χ0) is 31.8. The Kier molecular flexibility index (Phi) is 8.60. The van der Waals surface area contributed by atoms with Crippen molar-refractivity contribution in [3.63, 3.8) is 0 Å². The molecule has 45 heavy (non-hydrogen) atoms. The molecule has 2 aliphatic heterocycles. The van der Waals surface area contributed by atoms with Crippen LogP contribution < -0.4 is 10.6 Å². The van der Waals surface area contributed by atoms with Crippen LogP contribution in [0.4, 0.5) is 20.4 Å². The number of anilines is 2. The predicted molar refractivity (Wildman–Crippen MR) is 179 cm³/mol. The minimum Gasteiger partial charge on any atom is -0.340 e. The minimum absolute atomic E-state index is 0.148. The molecule has 12 heteroatoms. The van der Waals surface area contributed by atoms with Crippen molar-refractivity contribution in [2.75, 3.05) is 25.5 Å². The molecular formula is C33H31F2IN8O. The predicted octanol–water partition coefficient (Wildman–Crippen LogP) is 5.81. The minimum atomic E-state index is -0.684. The number of carbonyl (C=O) groups excluding carboxylic acids is 1. The number of nitrogens with zero attached hydrogens (tertiary/aromatic N) is 5. The van der Waals surface area contributed by atoms with Crippen LogP contribution in [0.2, 0.25) is 0 Å². The molecule has 0 saturated carbocycles. The molecule has 2 atom stereocenters. The molecule has 1 aromatic heterocycles. The van der Waals surface area contributed by atoms with E-state index >= 15 is 0 Å². The van der Waals surface area contributed by atoms with Gasteiger partial charge in [-0.3, -0.25) is 20.1 Å². The SMILES string of the molecule is CC1CN(C(=N)N(C)C(=O)c2ccc(Nc3ncc4c(n3)-c3ccc(I)cc3C(c3c(F)cccc3F)=NC4)cc2)CC(C)N1. The lowest BCUT2D eigenvalue weighted by molar-refractivity contribution is 0.0848. The number of aliphatic imine (C=N–C) groups is 1. The number of carbonyl (C=O) groups is 1. The summed E-state index contributed by atoms with van der Waals surface area (Å²) < 4.78 is 30.6. The van der Waals surface area contributed by atoms with E-state index in [1.54, 1.807) is 37.5 Å². The number of nitrogens with one attached hydrogen (secondary N) is 3. The van der Waals surface area contributed by atoms with Crippen molar-refractivity contribution < 1.29 is 13.6 Å². The van der Waals surface area contributed by atoms with Gasteiger partial charge in [0.1, 0.15) is 11.6 Å². The Morgan fingerprint density at radius 1 is 1.04 bits per heavy atom. The molecule has 230 valence electrons. The van der Waals surface area contributed by atoms with Gasteiger partial charge in [-0.1, -0.05) is 12.1 Å². The Balaban J connectivity index is 1.23. The van der Waals surface area contributed by atoms with Crippen molar-refractivity contribution in [2.45, 2.75) is 32.5 Å². The lowest BCUT2D eigenvalue weighted by Gasteiger charge is -2.39. The second-order valence-electron chi connectivity index (χ2n) is 11.3. The summed E-state index contributed by atoms with van der Waals surface area (Å²) >= 11 is 2.16. The molecule has 1 amide bonds. The number of fused-ring (bicyclic) bond motifs is 3. The van der Waals surface area contributed by atoms with Crippen LogP contribution in [0.25, 0.3) is 11.3 Å². The fourth-order valence-electron chi connectivity index (χ4n) is 5.75. The van der Waals surface area contributed by atoms with E-state index in [9.17, 15) is 13.6 Å². The number of benzene rings is 3. The van der Waals surface area contributed by atoms with Gasteiger partial charge in [-0.15, -0.1) is 0 Å². The summed E-state index contributed by atoms with van der Waals surface area (Å²) in [5.74, 6) is -1.16. The van der Waals surface area contributed by atoms with Gasteiger partial charge < -0.3 is 15.5 Å². The summed E-state index contributed by atoms with van der Waals surface area (Å²) in [4.78, 5) is 30.4. The number of halogens is 3. The molecule has 6 rings (SSSR count). The number of guanidine groups is 1. The van der Waals surface area contributed by atoms with Crippen LogP contribution in [0.1, 0.15) is 40.9 Å². The van der Waals surface area contributed by atoms with Crippen molar-refractivity contribution in [1.29, 1.82) is 5.41 Å². The van der Waals surface area contributed by atoms with Gasteiger partial charge in [0.2, 0.25) is 11.9 Å². The van der Waals surface area contributed by atoms with Crippen molar-refractivity contribution in [2.24, 2.45) is 4.99 Å². The lowest BCUT2D eigenvalue weighted by Crippen LogP contribution is -2.58. The molecule has 0 radical (unpaired) electrons. The number of hydrogen-bond acceptors (Lipinski definition) is 7. The maximum atomic E-state index is 14.9. The largest absolute Gasteiger partial charge is 0.340 e. The Bertz CT molecular complexity index is 1800. The third kappa shape index (κ3) is 6.29. The van der Waals surface area contributed by atoms with Crippen LogP contribution >= 0.6 is 22.6 Å². The van der Waals surface area contributed by atoms with E-state index in [2.05, 4.69) is 57.0 Å². The fraction of sp³-hybridized carbons (Fsp3) is 0.242. The van der Waals surface area contributed by atoms with Crippen molar-refractivity contribution in [3.8, 4) is 11.3 Å². The van der Waals surface area contributed by atoms with E-state index in [0.29, 0.717) is 47.1 Å². The van der Waals surface area contributed by atoms with Gasteiger partial charge in [0.15, 0.2) is 0 Å². The molecule has 1 fully saturated rings. The standard InChI is InChI=1S/C33H31F2IN8O/c1-18-16-44(17-19(2)40-18)32(37)43(3)31(45)20-7-10-23(11-8-20)41-33-39-15-21-14-38-30(28-26(34)5-4-6-27(28)35)25-13-22(36)9-12-24(25)29(21)42-33/h4-13,15,18-19,37,40H,14,16-17H2,1-3H3,(H,39,41,42). The molecule has 4 aromatic rings. The summed E-state index contributed by atoms with van der Waals surface area (Å²) in [6.07, 6.45) is 1.66. The summed E-state index contributed by atoms with van der Waals surface area (Å²) in [5, 5.41) is 15.2. The molecule has 3 N–H and O–H groups in total. The van der Waals surface area contributed by atoms with Crippen LogP contribution in [0.3, 0.4) is 0 Å². The average Bonchev–Trinajstić information content (AvgIpc) is 3.16. The quantitative estimate of drug-likeness (QED) is 0.140. The Hall–Kier alpha value is -4.30. The fourth-order valence-corrected chi connectivity index (χ4v) is 6.24. The molecule has 1 saturated heterocycles. The summed E-state index contributed by atoms with van der Waals surface area (Å²) in [7, 11) is 1.62. The number of piperazine rings is 1. The average molecular weight is 721 g/mol. The van der Waals surface area contributed by atoms with Gasteiger partial charge in [0.05, 0.1) is 23.5 Å². The van der Waals surface area contributed by atoms with Gasteiger partial charge >= 0.3 is 0 Å². The van der Waals surface area contributed by atoms with E-state index in [0.717, 1.165) is 9.13 Å². The van der Waals surface area contributed by atoms with Crippen molar-refractivity contribution in [3.05, 3.63) is 104 Å². The summed E-state index contributed by atoms with van der Waals surface area (Å²) in [6.45, 7) is 5.59. The molecular weight excluding hydrogens is 689 g/mol. The number of hydrogen-bond donors (Lipinski definition) is 3. The number of amides is 1. The summed E-state index contributed by atoms with van der Waals surface area (Å²) in [5.41, 5.74) is 3.76. The van der Waals surface area contributed by atoms with E-state index in [4.69, 9.17) is 10.4 Å². The molecule has 3 heterocycles. The topological polar surface area (TPSA) is 110 Å². The molecule has 3 aromatic carbocycles. The van der Waals surface area contributed by atoms with Gasteiger partial charge in [0.25, 0.3) is 5.91 Å². The van der Waals surface area contributed by atoms with Gasteiger partial charge in [-0.25, -0.2) is 18.7 Å². The summed E-state index contributed by atoms with van der Waals surface area (Å²) in [6, 6.07) is 16.8. The Morgan fingerprint density at radius 2 is 1.73 bits per heavy atom. The van der Waals surface area contributed by atoms with E-state index in [1.165, 1.54) is 23.1 Å². The highest BCUT2D eigenvalue weighted by atomic mass is 127. The van der Waals surface area contributed by atoms with Crippen LogP contribution in [-0.2, 0) is 6.54 Å². The molecule has 2 aliphatic rings. The second-order valence-corrected chi connectivity index (χ2v) is 12.5. The molecule has 9 nitrogen and oxygen atoms in total.